The Morgan fingerprint density at radius 1 is 1.00 bits per heavy atom. The number of benzene rings is 3. The first kappa shape index (κ1) is 20.6. The van der Waals surface area contributed by atoms with Gasteiger partial charge >= 0.3 is 0 Å². The first-order chi connectivity index (χ1) is 14.0. The summed E-state index contributed by atoms with van der Waals surface area (Å²) in [5, 5.41) is 1.15. The minimum Gasteiger partial charge on any atom is -0.489 e. The van der Waals surface area contributed by atoms with Crippen LogP contribution in [0.1, 0.15) is 16.5 Å². The SMILES string of the molecule is O=C1CS[C@@H](c2cc(Br)ccc2OCc2ccc(Cl)cc2)N1c1ccc(Cl)cc1. The van der Waals surface area contributed by atoms with Crippen molar-refractivity contribution in [2.45, 2.75) is 12.0 Å². The van der Waals surface area contributed by atoms with Crippen molar-refractivity contribution >= 4 is 62.5 Å². The van der Waals surface area contributed by atoms with Gasteiger partial charge in [0, 0.05) is 25.8 Å². The average Bonchev–Trinajstić information content (AvgIpc) is 3.10. The summed E-state index contributed by atoms with van der Waals surface area (Å²) < 4.78 is 7.07. The van der Waals surface area contributed by atoms with Crippen LogP contribution in [0.5, 0.6) is 5.75 Å². The van der Waals surface area contributed by atoms with E-state index in [0.29, 0.717) is 22.4 Å². The smallest absolute Gasteiger partial charge is 0.238 e. The van der Waals surface area contributed by atoms with Gasteiger partial charge in [-0.3, -0.25) is 9.69 Å². The van der Waals surface area contributed by atoms with Crippen LogP contribution in [0, 0.1) is 0 Å². The van der Waals surface area contributed by atoms with Crippen molar-refractivity contribution in [3.05, 3.63) is 92.4 Å². The Kier molecular flexibility index (Phi) is 6.40. The van der Waals surface area contributed by atoms with Crippen molar-refractivity contribution < 1.29 is 9.53 Å². The molecule has 3 aromatic rings. The number of hydrogen-bond acceptors (Lipinski definition) is 3. The molecule has 7 heteroatoms. The van der Waals surface area contributed by atoms with E-state index >= 15 is 0 Å². The molecular formula is C22H16BrCl2NO2S. The number of carbonyl (C=O) groups excluding carboxylic acids is 1. The number of rotatable bonds is 5. The van der Waals surface area contributed by atoms with Gasteiger partial charge < -0.3 is 4.74 Å². The van der Waals surface area contributed by atoms with E-state index in [2.05, 4.69) is 15.9 Å². The van der Waals surface area contributed by atoms with Crippen molar-refractivity contribution in [1.29, 1.82) is 0 Å². The minimum atomic E-state index is -0.179. The molecule has 4 rings (SSSR count). The summed E-state index contributed by atoms with van der Waals surface area (Å²) in [6.07, 6.45) is 0. The van der Waals surface area contributed by atoms with Gasteiger partial charge in [-0.05, 0) is 60.2 Å². The zero-order valence-electron chi connectivity index (χ0n) is 15.1. The van der Waals surface area contributed by atoms with Gasteiger partial charge in [-0.1, -0.05) is 51.3 Å². The molecule has 1 aliphatic heterocycles. The summed E-state index contributed by atoms with van der Waals surface area (Å²) in [7, 11) is 0. The van der Waals surface area contributed by atoms with Crippen LogP contribution in [-0.4, -0.2) is 11.7 Å². The Morgan fingerprint density at radius 2 is 1.66 bits per heavy atom. The van der Waals surface area contributed by atoms with Crippen LogP contribution in [0.4, 0.5) is 5.69 Å². The molecule has 0 spiro atoms. The maximum atomic E-state index is 12.7. The Hall–Kier alpha value is -1.66. The number of amides is 1. The van der Waals surface area contributed by atoms with Crippen LogP contribution < -0.4 is 9.64 Å². The fraction of sp³-hybridized carbons (Fsp3) is 0.136. The van der Waals surface area contributed by atoms with Gasteiger partial charge in [-0.15, -0.1) is 11.8 Å². The van der Waals surface area contributed by atoms with Gasteiger partial charge in [0.25, 0.3) is 0 Å². The number of anilines is 1. The predicted molar refractivity (Wildman–Crippen MR) is 124 cm³/mol. The summed E-state index contributed by atoms with van der Waals surface area (Å²) >= 11 is 17.1. The van der Waals surface area contributed by atoms with Crippen molar-refractivity contribution in [2.24, 2.45) is 0 Å². The van der Waals surface area contributed by atoms with Gasteiger partial charge in [0.2, 0.25) is 5.91 Å². The predicted octanol–water partition coefficient (Wildman–Crippen LogP) is 7.11. The molecule has 0 aromatic heterocycles. The normalized spacial score (nSPS) is 16.3. The van der Waals surface area contributed by atoms with Crippen LogP contribution in [0.25, 0.3) is 0 Å². The molecule has 0 N–H and O–H groups in total. The van der Waals surface area contributed by atoms with E-state index in [9.17, 15) is 4.79 Å². The van der Waals surface area contributed by atoms with Crippen molar-refractivity contribution in [3.63, 3.8) is 0 Å². The standard InChI is InChI=1S/C22H16BrCl2NO2S/c23-15-3-10-20(28-12-14-1-4-16(24)5-2-14)19(11-15)22-26(21(27)13-29-22)18-8-6-17(25)7-9-18/h1-11,22H,12-13H2/t22-/m0/s1. The third kappa shape index (κ3) is 4.75. The van der Waals surface area contributed by atoms with E-state index in [-0.39, 0.29) is 11.3 Å². The van der Waals surface area contributed by atoms with Crippen molar-refractivity contribution in [1.82, 2.24) is 0 Å². The van der Waals surface area contributed by atoms with Crippen LogP contribution in [-0.2, 0) is 11.4 Å². The molecule has 1 amide bonds. The molecule has 0 bridgehead atoms. The second-order valence-electron chi connectivity index (χ2n) is 6.50. The molecule has 0 saturated carbocycles. The Bertz CT molecular complexity index is 1030. The minimum absolute atomic E-state index is 0.0611. The molecule has 3 aromatic carbocycles. The lowest BCUT2D eigenvalue weighted by molar-refractivity contribution is -0.115. The number of nitrogens with zero attached hydrogens (tertiary/aromatic N) is 1. The largest absolute Gasteiger partial charge is 0.489 e. The molecule has 0 radical (unpaired) electrons. The van der Waals surface area contributed by atoms with Gasteiger partial charge in [-0.2, -0.15) is 0 Å². The Balaban J connectivity index is 1.64. The lowest BCUT2D eigenvalue weighted by Gasteiger charge is -2.26. The highest BCUT2D eigenvalue weighted by molar-refractivity contribution is 9.10. The lowest BCUT2D eigenvalue weighted by atomic mass is 10.1. The van der Waals surface area contributed by atoms with Crippen molar-refractivity contribution in [2.75, 3.05) is 10.7 Å². The third-order valence-electron chi connectivity index (χ3n) is 4.52. The van der Waals surface area contributed by atoms with E-state index in [0.717, 1.165) is 27.0 Å². The van der Waals surface area contributed by atoms with Gasteiger partial charge in [0.05, 0.1) is 5.75 Å². The molecule has 1 saturated heterocycles. The molecule has 148 valence electrons. The quantitative estimate of drug-likeness (QED) is 0.367. The summed E-state index contributed by atoms with van der Waals surface area (Å²) in [4.78, 5) is 14.5. The topological polar surface area (TPSA) is 29.5 Å². The molecule has 1 aliphatic rings. The van der Waals surface area contributed by atoms with Crippen LogP contribution in [0.3, 0.4) is 0 Å². The first-order valence-electron chi connectivity index (χ1n) is 8.87. The molecule has 1 atom stereocenters. The second-order valence-corrected chi connectivity index (χ2v) is 9.36. The number of ether oxygens (including phenoxy) is 1. The molecule has 1 heterocycles. The zero-order chi connectivity index (χ0) is 20.4. The maximum absolute atomic E-state index is 12.7. The molecular weight excluding hydrogens is 493 g/mol. The zero-order valence-corrected chi connectivity index (χ0v) is 19.1. The summed E-state index contributed by atoms with van der Waals surface area (Å²) in [5.74, 6) is 1.22. The van der Waals surface area contributed by atoms with E-state index in [4.69, 9.17) is 27.9 Å². The number of halogens is 3. The fourth-order valence-electron chi connectivity index (χ4n) is 3.12. The highest BCUT2D eigenvalue weighted by atomic mass is 79.9. The molecule has 3 nitrogen and oxygen atoms in total. The number of carbonyl (C=O) groups is 1. The monoisotopic (exact) mass is 507 g/mol. The second kappa shape index (κ2) is 9.00. The molecule has 0 aliphatic carbocycles. The highest BCUT2D eigenvalue weighted by Crippen LogP contribution is 2.45. The van der Waals surface area contributed by atoms with Gasteiger partial charge in [0.1, 0.15) is 17.7 Å². The summed E-state index contributed by atoms with van der Waals surface area (Å²) in [6, 6.07) is 20.8. The molecule has 29 heavy (non-hydrogen) atoms. The van der Waals surface area contributed by atoms with Crippen molar-refractivity contribution in [3.8, 4) is 5.75 Å². The highest BCUT2D eigenvalue weighted by Gasteiger charge is 2.35. The fourth-order valence-corrected chi connectivity index (χ4v) is 4.94. The van der Waals surface area contributed by atoms with E-state index in [1.165, 1.54) is 0 Å². The van der Waals surface area contributed by atoms with Crippen LogP contribution in [0.2, 0.25) is 10.0 Å². The summed E-state index contributed by atoms with van der Waals surface area (Å²) in [5.41, 5.74) is 2.78. The molecule has 0 unspecified atom stereocenters. The van der Waals surface area contributed by atoms with Gasteiger partial charge in [-0.25, -0.2) is 0 Å². The van der Waals surface area contributed by atoms with E-state index in [1.807, 2.05) is 54.6 Å². The van der Waals surface area contributed by atoms with E-state index in [1.54, 1.807) is 28.8 Å². The third-order valence-corrected chi connectivity index (χ3v) is 6.71. The Morgan fingerprint density at radius 3 is 2.34 bits per heavy atom. The molecule has 1 fully saturated rings. The first-order valence-corrected chi connectivity index (χ1v) is 11.5. The Labute approximate surface area is 192 Å². The number of hydrogen-bond donors (Lipinski definition) is 0. The van der Waals surface area contributed by atoms with E-state index < -0.39 is 0 Å². The lowest BCUT2D eigenvalue weighted by Crippen LogP contribution is -2.28. The van der Waals surface area contributed by atoms with Gasteiger partial charge in [0.15, 0.2) is 0 Å². The average molecular weight is 509 g/mol. The van der Waals surface area contributed by atoms with Crippen LogP contribution in [0.15, 0.2) is 71.2 Å². The number of thioether (sulfide) groups is 1. The van der Waals surface area contributed by atoms with Crippen LogP contribution >= 0.6 is 50.9 Å². The summed E-state index contributed by atoms with van der Waals surface area (Å²) in [6.45, 7) is 0.415. The maximum Gasteiger partial charge on any atom is 0.238 e.